The molecule has 0 aromatic carbocycles. The minimum atomic E-state index is -0.636. The lowest BCUT2D eigenvalue weighted by Gasteiger charge is -2.37. The Bertz CT molecular complexity index is 442. The van der Waals surface area contributed by atoms with Crippen LogP contribution in [0.25, 0.3) is 0 Å². The van der Waals surface area contributed by atoms with E-state index in [1.54, 1.807) is 0 Å². The third-order valence-electron chi connectivity index (χ3n) is 5.25. The molecule has 20 heavy (non-hydrogen) atoms. The fourth-order valence-electron chi connectivity index (χ4n) is 4.14. The van der Waals surface area contributed by atoms with Crippen molar-refractivity contribution >= 4 is 17.8 Å². The Morgan fingerprint density at radius 1 is 1.00 bits per heavy atom. The maximum Gasteiger partial charge on any atom is 0.331 e. The van der Waals surface area contributed by atoms with Gasteiger partial charge in [-0.1, -0.05) is 26.2 Å². The number of carbonyl (C=O) groups excluding carboxylic acids is 3. The Labute approximate surface area is 119 Å². The van der Waals surface area contributed by atoms with Crippen molar-refractivity contribution in [2.45, 2.75) is 57.9 Å². The van der Waals surface area contributed by atoms with E-state index in [9.17, 15) is 14.4 Å². The molecule has 3 atom stereocenters. The highest BCUT2D eigenvalue weighted by Gasteiger charge is 2.48. The Kier molecular flexibility index (Phi) is 3.52. The third-order valence-corrected chi connectivity index (χ3v) is 5.25. The van der Waals surface area contributed by atoms with Gasteiger partial charge >= 0.3 is 6.03 Å². The molecule has 1 saturated heterocycles. The molecule has 3 aliphatic rings. The van der Waals surface area contributed by atoms with Crippen molar-refractivity contribution in [3.63, 3.8) is 0 Å². The lowest BCUT2D eigenvalue weighted by molar-refractivity contribution is -0.146. The maximum atomic E-state index is 12.7. The van der Waals surface area contributed by atoms with Gasteiger partial charge in [-0.2, -0.15) is 0 Å². The summed E-state index contributed by atoms with van der Waals surface area (Å²) < 4.78 is 0. The van der Waals surface area contributed by atoms with E-state index in [4.69, 9.17) is 0 Å². The summed E-state index contributed by atoms with van der Waals surface area (Å²) >= 11 is 0. The number of carbonyl (C=O) groups is 3. The van der Waals surface area contributed by atoms with Crippen LogP contribution in [0.2, 0.25) is 0 Å². The standard InChI is InChI=1S/C15H22N2O3/c1-9-5-4-8-11(9)17-14(19)12(10-6-2-3-7-10)13(18)16-15(17)20/h9-12H,2-8H2,1H3,(H,16,18,20). The average Bonchev–Trinajstić information content (AvgIpc) is 3.02. The minimum Gasteiger partial charge on any atom is -0.277 e. The van der Waals surface area contributed by atoms with Gasteiger partial charge in [-0.15, -0.1) is 0 Å². The molecule has 0 bridgehead atoms. The summed E-state index contributed by atoms with van der Waals surface area (Å²) in [4.78, 5) is 38.2. The first kappa shape index (κ1) is 13.6. The molecule has 4 amide bonds. The van der Waals surface area contributed by atoms with Gasteiger partial charge in [0.2, 0.25) is 11.8 Å². The van der Waals surface area contributed by atoms with Crippen LogP contribution in [0.5, 0.6) is 0 Å². The van der Waals surface area contributed by atoms with E-state index >= 15 is 0 Å². The van der Waals surface area contributed by atoms with Gasteiger partial charge in [-0.3, -0.25) is 19.8 Å². The Balaban J connectivity index is 1.84. The molecule has 0 aromatic rings. The second-order valence-electron chi connectivity index (χ2n) is 6.50. The van der Waals surface area contributed by atoms with Gasteiger partial charge in [0.05, 0.1) is 0 Å². The molecule has 5 nitrogen and oxygen atoms in total. The minimum absolute atomic E-state index is 0.0282. The van der Waals surface area contributed by atoms with Crippen LogP contribution in [-0.2, 0) is 9.59 Å². The van der Waals surface area contributed by atoms with Gasteiger partial charge in [-0.05, 0) is 37.5 Å². The van der Waals surface area contributed by atoms with E-state index < -0.39 is 11.9 Å². The number of rotatable bonds is 2. The zero-order valence-corrected chi connectivity index (χ0v) is 11.9. The predicted molar refractivity (Wildman–Crippen MR) is 72.6 cm³/mol. The predicted octanol–water partition coefficient (Wildman–Crippen LogP) is 2.06. The van der Waals surface area contributed by atoms with Gasteiger partial charge in [0.15, 0.2) is 0 Å². The number of nitrogens with zero attached hydrogens (tertiary/aromatic N) is 1. The molecular weight excluding hydrogens is 256 g/mol. The van der Waals surface area contributed by atoms with Crippen molar-refractivity contribution in [2.75, 3.05) is 0 Å². The highest BCUT2D eigenvalue weighted by molar-refractivity contribution is 6.16. The molecule has 0 spiro atoms. The molecule has 110 valence electrons. The molecular formula is C15H22N2O3. The fraction of sp³-hybridized carbons (Fsp3) is 0.800. The van der Waals surface area contributed by atoms with Gasteiger partial charge in [0, 0.05) is 6.04 Å². The molecule has 1 heterocycles. The number of amides is 4. The Hall–Kier alpha value is -1.39. The monoisotopic (exact) mass is 278 g/mol. The second-order valence-corrected chi connectivity index (χ2v) is 6.50. The maximum absolute atomic E-state index is 12.7. The first-order valence-electron chi connectivity index (χ1n) is 7.77. The van der Waals surface area contributed by atoms with Gasteiger partial charge in [0.1, 0.15) is 5.92 Å². The van der Waals surface area contributed by atoms with Crippen LogP contribution in [0.1, 0.15) is 51.9 Å². The highest BCUT2D eigenvalue weighted by Crippen LogP contribution is 2.37. The molecule has 3 unspecified atom stereocenters. The van der Waals surface area contributed by atoms with Crippen molar-refractivity contribution in [3.8, 4) is 0 Å². The van der Waals surface area contributed by atoms with Gasteiger partial charge < -0.3 is 0 Å². The number of nitrogens with one attached hydrogen (secondary N) is 1. The number of imide groups is 2. The van der Waals surface area contributed by atoms with E-state index in [1.165, 1.54) is 4.90 Å². The van der Waals surface area contributed by atoms with Gasteiger partial charge in [0.25, 0.3) is 0 Å². The number of hydrogen-bond donors (Lipinski definition) is 1. The third kappa shape index (κ3) is 2.13. The molecule has 0 radical (unpaired) electrons. The van der Waals surface area contributed by atoms with Crippen LogP contribution < -0.4 is 5.32 Å². The molecule has 0 aromatic heterocycles. The van der Waals surface area contributed by atoms with Crippen molar-refractivity contribution in [3.05, 3.63) is 0 Å². The fourth-order valence-corrected chi connectivity index (χ4v) is 4.14. The Morgan fingerprint density at radius 2 is 1.70 bits per heavy atom. The molecule has 5 heteroatoms. The van der Waals surface area contributed by atoms with Crippen LogP contribution in [0.4, 0.5) is 4.79 Å². The SMILES string of the molecule is CC1CCCC1N1C(=O)NC(=O)C(C2CCCC2)C1=O. The van der Waals surface area contributed by atoms with Crippen LogP contribution >= 0.6 is 0 Å². The topological polar surface area (TPSA) is 66.5 Å². The van der Waals surface area contributed by atoms with E-state index in [1.807, 2.05) is 0 Å². The van der Waals surface area contributed by atoms with Gasteiger partial charge in [-0.25, -0.2) is 4.79 Å². The number of hydrogen-bond acceptors (Lipinski definition) is 3. The van der Waals surface area contributed by atoms with Crippen LogP contribution in [0, 0.1) is 17.8 Å². The molecule has 3 rings (SSSR count). The molecule has 3 fully saturated rings. The van der Waals surface area contributed by atoms with Crippen molar-refractivity contribution in [2.24, 2.45) is 17.8 Å². The summed E-state index contributed by atoms with van der Waals surface area (Å²) in [7, 11) is 0. The van der Waals surface area contributed by atoms with Crippen LogP contribution in [0.3, 0.4) is 0 Å². The van der Waals surface area contributed by atoms with E-state index in [0.29, 0.717) is 5.92 Å². The van der Waals surface area contributed by atoms with Crippen molar-refractivity contribution in [1.29, 1.82) is 0 Å². The van der Waals surface area contributed by atoms with Crippen LogP contribution in [0.15, 0.2) is 0 Å². The summed E-state index contributed by atoms with van der Waals surface area (Å²) in [6.45, 7) is 2.08. The molecule has 1 aliphatic heterocycles. The first-order chi connectivity index (χ1) is 9.59. The Morgan fingerprint density at radius 3 is 2.30 bits per heavy atom. The van der Waals surface area contributed by atoms with E-state index in [0.717, 1.165) is 44.9 Å². The summed E-state index contributed by atoms with van der Waals surface area (Å²) in [5, 5.41) is 2.41. The van der Waals surface area contributed by atoms with Crippen LogP contribution in [-0.4, -0.2) is 28.8 Å². The zero-order chi connectivity index (χ0) is 14.3. The number of urea groups is 1. The molecule has 2 aliphatic carbocycles. The highest BCUT2D eigenvalue weighted by atomic mass is 16.2. The summed E-state index contributed by atoms with van der Waals surface area (Å²) in [6.07, 6.45) is 6.96. The molecule has 2 saturated carbocycles. The summed E-state index contributed by atoms with van der Waals surface area (Å²) in [5.74, 6) is -0.807. The number of barbiturate groups is 1. The second kappa shape index (κ2) is 5.19. The first-order valence-corrected chi connectivity index (χ1v) is 7.77. The summed E-state index contributed by atoms with van der Waals surface area (Å²) in [6, 6.07) is -0.535. The van der Waals surface area contributed by atoms with E-state index in [2.05, 4.69) is 12.2 Å². The smallest absolute Gasteiger partial charge is 0.277 e. The molecule has 1 N–H and O–H groups in total. The van der Waals surface area contributed by atoms with Crippen molar-refractivity contribution < 1.29 is 14.4 Å². The lowest BCUT2D eigenvalue weighted by Crippen LogP contribution is -2.62. The zero-order valence-electron chi connectivity index (χ0n) is 11.9. The average molecular weight is 278 g/mol. The quantitative estimate of drug-likeness (QED) is 0.786. The van der Waals surface area contributed by atoms with E-state index in [-0.39, 0.29) is 23.8 Å². The largest absolute Gasteiger partial charge is 0.331 e. The summed E-state index contributed by atoms with van der Waals surface area (Å²) in [5.41, 5.74) is 0. The lowest BCUT2D eigenvalue weighted by atomic mass is 9.86. The normalized spacial score (nSPS) is 35.8. The van der Waals surface area contributed by atoms with Crippen molar-refractivity contribution in [1.82, 2.24) is 10.2 Å².